The van der Waals surface area contributed by atoms with Gasteiger partial charge in [0.2, 0.25) is 0 Å². The van der Waals surface area contributed by atoms with Crippen LogP contribution in [0.3, 0.4) is 0 Å². The molecule has 0 aliphatic carbocycles. The van der Waals surface area contributed by atoms with Gasteiger partial charge in [-0.05, 0) is 13.0 Å². The maximum Gasteiger partial charge on any atom is 0.153 e. The first-order valence-corrected chi connectivity index (χ1v) is 5.62. The Morgan fingerprint density at radius 1 is 1.50 bits per heavy atom. The molecule has 0 aromatic heterocycles. The summed E-state index contributed by atoms with van der Waals surface area (Å²) in [6.45, 7) is 1.33. The minimum Gasteiger partial charge on any atom is -0.326 e. The van der Waals surface area contributed by atoms with Crippen molar-refractivity contribution in [3.05, 3.63) is 0 Å². The van der Waals surface area contributed by atoms with Crippen LogP contribution < -0.4 is 11.1 Å². The topological polar surface area (TPSA) is 72.2 Å². The van der Waals surface area contributed by atoms with Crippen molar-refractivity contribution < 1.29 is 8.42 Å². The zero-order valence-corrected chi connectivity index (χ0v) is 8.62. The third-order valence-corrected chi connectivity index (χ3v) is 3.64. The molecule has 0 saturated carbocycles. The molecule has 0 bridgehead atoms. The lowest BCUT2D eigenvalue weighted by Crippen LogP contribution is -2.52. The number of hydrogen-bond donors (Lipinski definition) is 2. The summed E-state index contributed by atoms with van der Waals surface area (Å²) in [4.78, 5) is 0. The summed E-state index contributed by atoms with van der Waals surface area (Å²) in [6.07, 6.45) is 1.99. The molecule has 1 heterocycles. The van der Waals surface area contributed by atoms with Crippen LogP contribution in [0.4, 0.5) is 0 Å². The molecule has 2 atom stereocenters. The fraction of sp³-hybridized carbons (Fsp3) is 1.00. The van der Waals surface area contributed by atoms with E-state index in [0.29, 0.717) is 6.54 Å². The molecule has 0 aromatic carbocycles. The lowest BCUT2D eigenvalue weighted by Gasteiger charge is -2.27. The van der Waals surface area contributed by atoms with Crippen molar-refractivity contribution in [2.45, 2.75) is 17.7 Å². The first-order valence-electron chi connectivity index (χ1n) is 3.67. The van der Waals surface area contributed by atoms with Gasteiger partial charge in [-0.3, -0.25) is 0 Å². The second-order valence-corrected chi connectivity index (χ2v) is 5.29. The van der Waals surface area contributed by atoms with Crippen molar-refractivity contribution in [3.8, 4) is 0 Å². The molecule has 1 fully saturated rings. The van der Waals surface area contributed by atoms with Gasteiger partial charge in [-0.2, -0.15) is 0 Å². The number of rotatable bonds is 1. The Balaban J connectivity index is 0.00000121. The number of hydrogen-bond acceptors (Lipinski definition) is 4. The molecule has 0 amide bonds. The number of halogens is 1. The standard InChI is InChI=1S/C6H14N2O2S.ClH/c1-11(9,10)6-4-8-3-2-5(6)7;/h5-6,8H,2-4,7H2,1H3;1H. The van der Waals surface area contributed by atoms with Crippen molar-refractivity contribution >= 4 is 22.2 Å². The predicted molar refractivity (Wildman–Crippen MR) is 51.3 cm³/mol. The van der Waals surface area contributed by atoms with E-state index >= 15 is 0 Å². The maximum atomic E-state index is 11.1. The van der Waals surface area contributed by atoms with Crippen molar-refractivity contribution in [1.82, 2.24) is 5.32 Å². The van der Waals surface area contributed by atoms with Gasteiger partial charge in [-0.25, -0.2) is 8.42 Å². The first-order chi connectivity index (χ1) is 5.02. The summed E-state index contributed by atoms with van der Waals surface area (Å²) in [7, 11) is -2.96. The minimum atomic E-state index is -2.96. The molecule has 1 aliphatic heterocycles. The van der Waals surface area contributed by atoms with Crippen LogP contribution in [0.15, 0.2) is 0 Å². The van der Waals surface area contributed by atoms with Gasteiger partial charge >= 0.3 is 0 Å². The highest BCUT2D eigenvalue weighted by atomic mass is 35.5. The second-order valence-electron chi connectivity index (χ2n) is 3.02. The number of nitrogens with two attached hydrogens (primary N) is 1. The van der Waals surface area contributed by atoms with Gasteiger partial charge in [0, 0.05) is 18.8 Å². The number of piperidine rings is 1. The van der Waals surface area contributed by atoms with E-state index in [4.69, 9.17) is 5.73 Å². The molecule has 1 rings (SSSR count). The van der Waals surface area contributed by atoms with Gasteiger partial charge in [0.05, 0.1) is 5.25 Å². The van der Waals surface area contributed by atoms with Crippen molar-refractivity contribution in [2.75, 3.05) is 19.3 Å². The first kappa shape index (κ1) is 12.2. The highest BCUT2D eigenvalue weighted by Gasteiger charge is 2.29. The zero-order chi connectivity index (χ0) is 8.48. The largest absolute Gasteiger partial charge is 0.326 e. The normalized spacial score (nSPS) is 30.8. The van der Waals surface area contributed by atoms with E-state index < -0.39 is 15.1 Å². The third-order valence-electron chi connectivity index (χ3n) is 2.03. The molecule has 2 unspecified atom stereocenters. The molecular formula is C6H15ClN2O2S. The molecule has 0 radical (unpaired) electrons. The SMILES string of the molecule is CS(=O)(=O)C1CNCCC1N.Cl. The van der Waals surface area contributed by atoms with Gasteiger partial charge in [0.1, 0.15) is 0 Å². The fourth-order valence-electron chi connectivity index (χ4n) is 1.32. The van der Waals surface area contributed by atoms with Gasteiger partial charge in [-0.15, -0.1) is 12.4 Å². The van der Waals surface area contributed by atoms with Gasteiger partial charge < -0.3 is 11.1 Å². The molecule has 1 aliphatic rings. The van der Waals surface area contributed by atoms with Crippen molar-refractivity contribution in [1.29, 1.82) is 0 Å². The van der Waals surface area contributed by atoms with Crippen LogP contribution in [0.1, 0.15) is 6.42 Å². The molecule has 0 aromatic rings. The Morgan fingerprint density at radius 3 is 2.42 bits per heavy atom. The molecule has 6 heteroatoms. The summed E-state index contributed by atoms with van der Waals surface area (Å²) in [5.41, 5.74) is 5.65. The van der Waals surface area contributed by atoms with Crippen LogP contribution in [-0.2, 0) is 9.84 Å². The molecule has 12 heavy (non-hydrogen) atoms. The Hall–Kier alpha value is 0.160. The summed E-state index contributed by atoms with van der Waals surface area (Å²) >= 11 is 0. The maximum absolute atomic E-state index is 11.1. The van der Waals surface area contributed by atoms with Crippen LogP contribution >= 0.6 is 12.4 Å². The van der Waals surface area contributed by atoms with E-state index in [-0.39, 0.29) is 18.4 Å². The second kappa shape index (κ2) is 4.41. The van der Waals surface area contributed by atoms with E-state index in [1.165, 1.54) is 6.26 Å². The summed E-state index contributed by atoms with van der Waals surface area (Å²) in [5.74, 6) is 0. The van der Waals surface area contributed by atoms with Crippen molar-refractivity contribution in [3.63, 3.8) is 0 Å². The Morgan fingerprint density at radius 2 is 2.08 bits per heavy atom. The van der Waals surface area contributed by atoms with E-state index in [0.717, 1.165) is 13.0 Å². The molecule has 3 N–H and O–H groups in total. The minimum absolute atomic E-state index is 0. The van der Waals surface area contributed by atoms with E-state index in [1.54, 1.807) is 0 Å². The summed E-state index contributed by atoms with van der Waals surface area (Å²) < 4.78 is 22.2. The molecule has 74 valence electrons. The average Bonchev–Trinajstić information content (AvgIpc) is 1.86. The monoisotopic (exact) mass is 214 g/mol. The summed E-state index contributed by atoms with van der Waals surface area (Å²) in [6, 6.07) is -0.189. The molecule has 4 nitrogen and oxygen atoms in total. The predicted octanol–water partition coefficient (Wildman–Crippen LogP) is -0.858. The number of sulfone groups is 1. The molecule has 1 saturated heterocycles. The highest BCUT2D eigenvalue weighted by Crippen LogP contribution is 2.08. The van der Waals surface area contributed by atoms with Crippen LogP contribution in [0.25, 0.3) is 0 Å². The Kier molecular flexibility index (Phi) is 4.47. The van der Waals surface area contributed by atoms with Gasteiger partial charge in [-0.1, -0.05) is 0 Å². The molecular weight excluding hydrogens is 200 g/mol. The van der Waals surface area contributed by atoms with Crippen LogP contribution in [-0.4, -0.2) is 39.1 Å². The third kappa shape index (κ3) is 2.90. The fourth-order valence-corrected chi connectivity index (χ4v) is 2.51. The number of nitrogens with one attached hydrogen (secondary N) is 1. The lowest BCUT2D eigenvalue weighted by molar-refractivity contribution is 0.448. The smallest absolute Gasteiger partial charge is 0.153 e. The zero-order valence-electron chi connectivity index (χ0n) is 6.99. The lowest BCUT2D eigenvalue weighted by atomic mass is 10.1. The summed E-state index contributed by atoms with van der Waals surface area (Å²) in [5, 5.41) is 2.62. The quantitative estimate of drug-likeness (QED) is 0.596. The average molecular weight is 215 g/mol. The van der Waals surface area contributed by atoms with Crippen molar-refractivity contribution in [2.24, 2.45) is 5.73 Å². The van der Waals surface area contributed by atoms with Crippen LogP contribution in [0.2, 0.25) is 0 Å². The van der Waals surface area contributed by atoms with E-state index in [1.807, 2.05) is 0 Å². The Labute approximate surface area is 79.2 Å². The van der Waals surface area contributed by atoms with E-state index in [2.05, 4.69) is 5.32 Å². The highest BCUT2D eigenvalue weighted by molar-refractivity contribution is 7.91. The van der Waals surface area contributed by atoms with E-state index in [9.17, 15) is 8.42 Å². The van der Waals surface area contributed by atoms with Gasteiger partial charge in [0.15, 0.2) is 9.84 Å². The Bertz CT molecular complexity index is 230. The van der Waals surface area contributed by atoms with Gasteiger partial charge in [0.25, 0.3) is 0 Å². The van der Waals surface area contributed by atoms with Crippen LogP contribution in [0.5, 0.6) is 0 Å². The van der Waals surface area contributed by atoms with Crippen LogP contribution in [0, 0.1) is 0 Å². The molecule has 0 spiro atoms.